The summed E-state index contributed by atoms with van der Waals surface area (Å²) in [6.45, 7) is 6.12. The largest absolute Gasteiger partial charge is 0.390 e. The molecule has 2 nitrogen and oxygen atoms in total. The predicted molar refractivity (Wildman–Crippen MR) is 65.1 cm³/mol. The van der Waals surface area contributed by atoms with E-state index in [1.165, 1.54) is 5.57 Å². The van der Waals surface area contributed by atoms with Crippen molar-refractivity contribution >= 4 is 0 Å². The van der Waals surface area contributed by atoms with Crippen LogP contribution in [0.2, 0.25) is 0 Å². The fourth-order valence-corrected chi connectivity index (χ4v) is 3.21. The summed E-state index contributed by atoms with van der Waals surface area (Å²) in [4.78, 5) is 0. The lowest BCUT2D eigenvalue weighted by Crippen LogP contribution is -2.40. The van der Waals surface area contributed by atoms with Crippen LogP contribution >= 0.6 is 0 Å². The molecule has 2 aliphatic carbocycles. The SMILES string of the molecule is CC12CCC(O)C=C1CC(C(C)(C)O)CC2. The van der Waals surface area contributed by atoms with Gasteiger partial charge >= 0.3 is 0 Å². The van der Waals surface area contributed by atoms with Crippen LogP contribution in [0.25, 0.3) is 0 Å². The van der Waals surface area contributed by atoms with Crippen molar-refractivity contribution in [2.24, 2.45) is 11.3 Å². The minimum atomic E-state index is -0.593. The Balaban J connectivity index is 2.19. The Morgan fingerprint density at radius 2 is 1.94 bits per heavy atom. The molecule has 1 fully saturated rings. The molecule has 92 valence electrons. The summed E-state index contributed by atoms with van der Waals surface area (Å²) in [7, 11) is 0. The van der Waals surface area contributed by atoms with E-state index in [1.807, 2.05) is 19.9 Å². The Hall–Kier alpha value is -0.340. The first-order valence-electron chi connectivity index (χ1n) is 6.43. The Bertz CT molecular complexity index is 300. The van der Waals surface area contributed by atoms with E-state index in [4.69, 9.17) is 0 Å². The topological polar surface area (TPSA) is 40.5 Å². The maximum atomic E-state index is 10.1. The van der Waals surface area contributed by atoms with E-state index >= 15 is 0 Å². The zero-order valence-corrected chi connectivity index (χ0v) is 10.7. The molecule has 16 heavy (non-hydrogen) atoms. The zero-order valence-electron chi connectivity index (χ0n) is 10.7. The summed E-state index contributed by atoms with van der Waals surface area (Å²) in [5.41, 5.74) is 1.08. The van der Waals surface area contributed by atoms with Gasteiger partial charge < -0.3 is 10.2 Å². The number of aliphatic hydroxyl groups is 2. The van der Waals surface area contributed by atoms with Gasteiger partial charge in [-0.2, -0.15) is 0 Å². The molecule has 3 unspecified atom stereocenters. The van der Waals surface area contributed by atoms with Gasteiger partial charge in [-0.05, 0) is 57.3 Å². The van der Waals surface area contributed by atoms with Crippen LogP contribution in [-0.4, -0.2) is 21.9 Å². The lowest BCUT2D eigenvalue weighted by Gasteiger charge is -2.46. The molecule has 0 aromatic heterocycles. The number of hydrogen-bond donors (Lipinski definition) is 2. The number of rotatable bonds is 1. The van der Waals surface area contributed by atoms with Gasteiger partial charge in [0.15, 0.2) is 0 Å². The minimum absolute atomic E-state index is 0.261. The molecular weight excluding hydrogens is 200 g/mol. The van der Waals surface area contributed by atoms with E-state index in [1.54, 1.807) is 0 Å². The molecule has 1 saturated carbocycles. The molecule has 0 spiro atoms. The van der Waals surface area contributed by atoms with Crippen LogP contribution in [0.15, 0.2) is 11.6 Å². The Kier molecular flexibility index (Phi) is 2.92. The lowest BCUT2D eigenvalue weighted by atomic mass is 9.61. The van der Waals surface area contributed by atoms with E-state index in [0.29, 0.717) is 11.3 Å². The van der Waals surface area contributed by atoms with Crippen molar-refractivity contribution in [3.05, 3.63) is 11.6 Å². The van der Waals surface area contributed by atoms with Gasteiger partial charge in [0, 0.05) is 0 Å². The molecule has 0 heterocycles. The highest BCUT2D eigenvalue weighted by Crippen LogP contribution is 2.50. The Morgan fingerprint density at radius 1 is 1.31 bits per heavy atom. The van der Waals surface area contributed by atoms with Gasteiger partial charge in [-0.1, -0.05) is 18.6 Å². The van der Waals surface area contributed by atoms with Crippen LogP contribution in [0.4, 0.5) is 0 Å². The predicted octanol–water partition coefficient (Wildman–Crippen LogP) is 2.64. The van der Waals surface area contributed by atoms with Crippen molar-refractivity contribution in [3.8, 4) is 0 Å². The molecule has 0 radical (unpaired) electrons. The van der Waals surface area contributed by atoms with Crippen LogP contribution in [0.5, 0.6) is 0 Å². The summed E-state index contributed by atoms with van der Waals surface area (Å²) in [5.74, 6) is 0.345. The lowest BCUT2D eigenvalue weighted by molar-refractivity contribution is -0.00640. The van der Waals surface area contributed by atoms with Crippen LogP contribution in [0.3, 0.4) is 0 Å². The highest BCUT2D eigenvalue weighted by atomic mass is 16.3. The third-order valence-corrected chi connectivity index (χ3v) is 4.67. The van der Waals surface area contributed by atoms with Gasteiger partial charge in [-0.3, -0.25) is 0 Å². The van der Waals surface area contributed by atoms with Crippen LogP contribution < -0.4 is 0 Å². The summed E-state index contributed by atoms with van der Waals surface area (Å²) in [5, 5.41) is 19.8. The van der Waals surface area contributed by atoms with Gasteiger partial charge in [-0.25, -0.2) is 0 Å². The number of aliphatic hydroxyl groups excluding tert-OH is 1. The van der Waals surface area contributed by atoms with Crippen molar-refractivity contribution in [2.45, 2.75) is 64.6 Å². The fourth-order valence-electron chi connectivity index (χ4n) is 3.21. The standard InChI is InChI=1S/C14H24O2/c1-13(2,16)10-4-6-14(3)7-5-12(15)9-11(14)8-10/h9-10,12,15-16H,4-8H2,1-3H3. The molecule has 2 aliphatic rings. The quantitative estimate of drug-likeness (QED) is 0.672. The monoisotopic (exact) mass is 224 g/mol. The number of fused-ring (bicyclic) bond motifs is 1. The first-order valence-corrected chi connectivity index (χ1v) is 6.43. The normalized spacial score (nSPS) is 40.2. The molecule has 0 saturated heterocycles. The Labute approximate surface area is 98.4 Å². The van der Waals surface area contributed by atoms with Crippen molar-refractivity contribution in [2.75, 3.05) is 0 Å². The molecular formula is C14H24O2. The van der Waals surface area contributed by atoms with E-state index in [0.717, 1.165) is 32.1 Å². The number of hydrogen-bond acceptors (Lipinski definition) is 2. The summed E-state index contributed by atoms with van der Waals surface area (Å²) in [6.07, 6.45) is 6.99. The smallest absolute Gasteiger partial charge is 0.0724 e. The molecule has 0 aliphatic heterocycles. The van der Waals surface area contributed by atoms with Gasteiger partial charge in [-0.15, -0.1) is 0 Å². The first kappa shape index (κ1) is 12.1. The van der Waals surface area contributed by atoms with Gasteiger partial charge in [0.2, 0.25) is 0 Å². The highest BCUT2D eigenvalue weighted by molar-refractivity contribution is 5.22. The van der Waals surface area contributed by atoms with E-state index in [-0.39, 0.29) is 6.10 Å². The maximum absolute atomic E-state index is 10.1. The third-order valence-electron chi connectivity index (χ3n) is 4.67. The summed E-state index contributed by atoms with van der Waals surface area (Å²) >= 11 is 0. The average Bonchev–Trinajstić information content (AvgIpc) is 2.16. The second-order valence-electron chi connectivity index (χ2n) is 6.45. The van der Waals surface area contributed by atoms with Crippen molar-refractivity contribution in [1.29, 1.82) is 0 Å². The average molecular weight is 224 g/mol. The van der Waals surface area contributed by atoms with Crippen LogP contribution in [0.1, 0.15) is 52.9 Å². The molecule has 0 bridgehead atoms. The summed E-state index contributed by atoms with van der Waals surface area (Å²) < 4.78 is 0. The van der Waals surface area contributed by atoms with Crippen molar-refractivity contribution in [1.82, 2.24) is 0 Å². The van der Waals surface area contributed by atoms with Crippen LogP contribution in [0, 0.1) is 11.3 Å². The third kappa shape index (κ3) is 2.18. The molecule has 0 aromatic carbocycles. The molecule has 0 aromatic rings. The van der Waals surface area contributed by atoms with E-state index in [9.17, 15) is 10.2 Å². The fraction of sp³-hybridized carbons (Fsp3) is 0.857. The second-order valence-corrected chi connectivity index (χ2v) is 6.45. The van der Waals surface area contributed by atoms with Crippen LogP contribution in [-0.2, 0) is 0 Å². The molecule has 2 heteroatoms. The maximum Gasteiger partial charge on any atom is 0.0724 e. The van der Waals surface area contributed by atoms with E-state index < -0.39 is 5.60 Å². The molecule has 2 N–H and O–H groups in total. The highest BCUT2D eigenvalue weighted by Gasteiger charge is 2.41. The second kappa shape index (κ2) is 3.85. The first-order chi connectivity index (χ1) is 7.31. The van der Waals surface area contributed by atoms with Gasteiger partial charge in [0.1, 0.15) is 0 Å². The summed E-state index contributed by atoms with van der Waals surface area (Å²) in [6, 6.07) is 0. The van der Waals surface area contributed by atoms with Gasteiger partial charge in [0.25, 0.3) is 0 Å². The van der Waals surface area contributed by atoms with Gasteiger partial charge in [0.05, 0.1) is 11.7 Å². The van der Waals surface area contributed by atoms with E-state index in [2.05, 4.69) is 6.92 Å². The molecule has 0 amide bonds. The molecule has 2 rings (SSSR count). The number of allylic oxidation sites excluding steroid dienone is 1. The van der Waals surface area contributed by atoms with Crippen molar-refractivity contribution < 1.29 is 10.2 Å². The Morgan fingerprint density at radius 3 is 2.56 bits per heavy atom. The minimum Gasteiger partial charge on any atom is -0.390 e. The zero-order chi connectivity index (χ0) is 12.0. The molecule has 3 atom stereocenters. The van der Waals surface area contributed by atoms with Crippen molar-refractivity contribution in [3.63, 3.8) is 0 Å².